The van der Waals surface area contributed by atoms with Gasteiger partial charge in [-0.05, 0) is 148 Å². The number of hydrogen-bond acceptors (Lipinski definition) is 6. The van der Waals surface area contributed by atoms with Crippen molar-refractivity contribution in [1.29, 1.82) is 0 Å². The van der Waals surface area contributed by atoms with Crippen molar-refractivity contribution >= 4 is 44.3 Å². The number of fused-ring (bicyclic) bond motifs is 8. The Kier molecular flexibility index (Phi) is 10.4. The van der Waals surface area contributed by atoms with Crippen LogP contribution in [0.25, 0.3) is 22.3 Å². The van der Waals surface area contributed by atoms with Crippen molar-refractivity contribution in [3.8, 4) is 22.3 Å². The summed E-state index contributed by atoms with van der Waals surface area (Å²) in [7, 11) is -4.56. The zero-order chi connectivity index (χ0) is 44.0. The Balaban J connectivity index is 0.000000276. The molecule has 0 saturated heterocycles. The first kappa shape index (κ1) is 42.6. The Morgan fingerprint density at radius 2 is 1.18 bits per heavy atom. The van der Waals surface area contributed by atoms with Gasteiger partial charge in [-0.3, -0.25) is 9.59 Å². The average molecular weight is 877 g/mol. The molecule has 4 aliphatic carbocycles. The topological polar surface area (TPSA) is 91.3 Å². The van der Waals surface area contributed by atoms with Crippen LogP contribution in [0.2, 0.25) is 0 Å². The van der Waals surface area contributed by atoms with Crippen LogP contribution in [0.15, 0.2) is 158 Å². The van der Waals surface area contributed by atoms with E-state index in [4.69, 9.17) is 0 Å². The molecule has 3 unspecified atom stereocenters. The molecule has 0 amide bonds. The van der Waals surface area contributed by atoms with Crippen LogP contribution in [-0.2, 0) is 36.6 Å². The van der Waals surface area contributed by atoms with Crippen molar-refractivity contribution in [3.63, 3.8) is 0 Å². The maximum Gasteiger partial charge on any atom is 0.166 e. The fraction of sp³-hybridized carbons (Fsp3) is 0.296. The number of benzene rings is 6. The number of rotatable bonds is 8. The monoisotopic (exact) mass is 876 g/mol. The predicted molar refractivity (Wildman–Crippen MR) is 250 cm³/mol. The third-order valence-corrected chi connectivity index (χ3v) is 18.7. The molecule has 10 rings (SSSR count). The third kappa shape index (κ3) is 7.02. The first-order valence-electron chi connectivity index (χ1n) is 21.4. The molecule has 2 bridgehead atoms. The Morgan fingerprint density at radius 1 is 0.645 bits per heavy atom. The second-order valence-electron chi connectivity index (χ2n) is 19.1. The van der Waals surface area contributed by atoms with E-state index in [0.29, 0.717) is 12.8 Å². The van der Waals surface area contributed by atoms with E-state index in [2.05, 4.69) is 155 Å². The average Bonchev–Trinajstić information content (AvgIpc) is 3.78. The van der Waals surface area contributed by atoms with Crippen LogP contribution in [0.5, 0.6) is 0 Å². The minimum Gasteiger partial charge on any atom is -0.748 e. The van der Waals surface area contributed by atoms with Crippen molar-refractivity contribution in [2.24, 2.45) is 16.7 Å². The summed E-state index contributed by atoms with van der Waals surface area (Å²) in [5.74, 6) is -0.169. The molecule has 6 aromatic rings. The van der Waals surface area contributed by atoms with Gasteiger partial charge in [0.1, 0.15) is 5.78 Å². The largest absolute Gasteiger partial charge is 0.748 e. The summed E-state index contributed by atoms with van der Waals surface area (Å²) in [5.41, 5.74) is 9.97. The van der Waals surface area contributed by atoms with Gasteiger partial charge in [0, 0.05) is 38.0 Å². The maximum absolute atomic E-state index is 12.1. The lowest BCUT2D eigenvalue weighted by Crippen LogP contribution is -2.42. The van der Waals surface area contributed by atoms with Crippen molar-refractivity contribution < 1.29 is 22.6 Å². The number of carbonyl (C=O) groups excluding carboxylic acids is 2. The molecule has 0 heterocycles. The molecular formula is C54H52O5S3. The lowest BCUT2D eigenvalue weighted by molar-refractivity contribution is -0.128. The van der Waals surface area contributed by atoms with E-state index in [1.165, 1.54) is 69.0 Å². The SMILES string of the molecule is CC(=O)c1ccc2c(c1)C(C)(C)c1cc(Sc3ccc([S+](c4ccccc4)c4ccc5c(c4)C(C)(C)c4ccccc4-5)cc3)ccc1-2.CC1(C)C2CCC1(CS(=O)(=O)[O-])C(=O)C2. The highest BCUT2D eigenvalue weighted by Crippen LogP contribution is 2.64. The van der Waals surface area contributed by atoms with Crippen LogP contribution in [0.3, 0.4) is 0 Å². The molecule has 6 aromatic carbocycles. The zero-order valence-corrected chi connectivity index (χ0v) is 38.8. The Labute approximate surface area is 373 Å². The summed E-state index contributed by atoms with van der Waals surface area (Å²) in [6.07, 6.45) is 1.88. The second kappa shape index (κ2) is 15.2. The molecule has 3 atom stereocenters. The molecule has 0 radical (unpaired) electrons. The summed E-state index contributed by atoms with van der Waals surface area (Å²) in [5, 5.41) is 0. The van der Waals surface area contributed by atoms with E-state index < -0.39 is 21.3 Å². The smallest absolute Gasteiger partial charge is 0.166 e. The van der Waals surface area contributed by atoms with Gasteiger partial charge in [0.25, 0.3) is 0 Å². The van der Waals surface area contributed by atoms with Gasteiger partial charge < -0.3 is 4.55 Å². The maximum atomic E-state index is 12.1. The van der Waals surface area contributed by atoms with Gasteiger partial charge in [0.05, 0.1) is 26.8 Å². The molecule has 2 saturated carbocycles. The predicted octanol–water partition coefficient (Wildman–Crippen LogP) is 12.7. The Hall–Kier alpha value is -4.73. The fourth-order valence-electron chi connectivity index (χ4n) is 11.0. The first-order valence-corrected chi connectivity index (χ1v) is 25.0. The molecule has 0 spiro atoms. The fourth-order valence-corrected chi connectivity index (χ4v) is 15.2. The highest BCUT2D eigenvalue weighted by molar-refractivity contribution is 7.99. The van der Waals surface area contributed by atoms with Crippen molar-refractivity contribution in [2.75, 3.05) is 5.75 Å². The van der Waals surface area contributed by atoms with Gasteiger partial charge >= 0.3 is 0 Å². The van der Waals surface area contributed by atoms with E-state index in [1.807, 2.05) is 31.7 Å². The highest BCUT2D eigenvalue weighted by atomic mass is 32.2. The minimum absolute atomic E-state index is 0.0248. The van der Waals surface area contributed by atoms with Crippen molar-refractivity contribution in [3.05, 3.63) is 161 Å². The molecule has 62 heavy (non-hydrogen) atoms. The molecule has 0 N–H and O–H groups in total. The van der Waals surface area contributed by atoms with E-state index in [0.717, 1.165) is 12.0 Å². The normalized spacial score (nSPS) is 21.0. The highest BCUT2D eigenvalue weighted by Gasteiger charge is 2.64. The minimum atomic E-state index is -4.33. The van der Waals surface area contributed by atoms with Gasteiger partial charge in [0.2, 0.25) is 0 Å². The van der Waals surface area contributed by atoms with E-state index in [1.54, 1.807) is 6.92 Å². The summed E-state index contributed by atoms with van der Waals surface area (Å²) in [6, 6.07) is 49.2. The van der Waals surface area contributed by atoms with Gasteiger partial charge in [0.15, 0.2) is 20.5 Å². The quantitative estimate of drug-likeness (QED) is 0.0859. The summed E-state index contributed by atoms with van der Waals surface area (Å²) >= 11 is 1.81. The number of carbonyl (C=O) groups is 2. The van der Waals surface area contributed by atoms with Crippen LogP contribution < -0.4 is 0 Å². The zero-order valence-electron chi connectivity index (χ0n) is 36.4. The molecule has 0 aromatic heterocycles. The van der Waals surface area contributed by atoms with Gasteiger partial charge in [-0.25, -0.2) is 8.42 Å². The molecule has 8 heteroatoms. The number of ketones is 2. The lowest BCUT2D eigenvalue weighted by atomic mass is 9.70. The van der Waals surface area contributed by atoms with E-state index in [9.17, 15) is 22.6 Å². The standard InChI is InChI=1S/C44H37OS2.C10H16O4S/c1-28(45)29-15-22-36-37-23-18-31(26-41(37)44(4,5)40(36)25-29)46-30-16-19-33(20-17-30)47(32-11-7-6-8-12-32)34-21-24-38-35-13-9-10-14-39(35)43(2,3)42(38)27-34;1-9(2)7-3-4-10(9,8(11)5-7)6-15(12,13)14/h6-27H,1-5H3;7H,3-6H2,1-2H3,(H,12,13,14)/q+1;/p-1. The number of Topliss-reactive ketones (excluding diaryl/α,β-unsaturated/α-hetero) is 2. The van der Waals surface area contributed by atoms with Gasteiger partial charge in [-0.1, -0.05) is 114 Å². The van der Waals surface area contributed by atoms with Gasteiger partial charge in [-0.15, -0.1) is 0 Å². The summed E-state index contributed by atoms with van der Waals surface area (Å²) < 4.78 is 32.7. The third-order valence-electron chi connectivity index (χ3n) is 14.7. The van der Waals surface area contributed by atoms with E-state index in [-0.39, 0.29) is 44.6 Å². The second-order valence-corrected chi connectivity index (χ2v) is 23.7. The molecular weight excluding hydrogens is 825 g/mol. The molecule has 0 aliphatic heterocycles. The Morgan fingerprint density at radius 3 is 1.81 bits per heavy atom. The number of hydrogen-bond donors (Lipinski definition) is 0. The molecule has 316 valence electrons. The Bertz CT molecular complexity index is 2890. The van der Waals surface area contributed by atoms with Crippen LogP contribution >= 0.6 is 11.8 Å². The molecule has 4 aliphatic rings. The summed E-state index contributed by atoms with van der Waals surface area (Å²) in [4.78, 5) is 30.4. The van der Waals surface area contributed by atoms with Gasteiger partial charge in [-0.2, -0.15) is 0 Å². The summed E-state index contributed by atoms with van der Waals surface area (Å²) in [6.45, 7) is 14.7. The molecule has 5 nitrogen and oxygen atoms in total. The first-order chi connectivity index (χ1) is 29.3. The van der Waals surface area contributed by atoms with Crippen LogP contribution in [0.1, 0.15) is 100 Å². The molecule has 2 fully saturated rings. The van der Waals surface area contributed by atoms with Crippen LogP contribution in [-0.4, -0.2) is 30.3 Å². The van der Waals surface area contributed by atoms with Crippen LogP contribution in [0.4, 0.5) is 0 Å². The van der Waals surface area contributed by atoms with E-state index >= 15 is 0 Å². The van der Waals surface area contributed by atoms with Crippen molar-refractivity contribution in [1.82, 2.24) is 0 Å². The van der Waals surface area contributed by atoms with Crippen molar-refractivity contribution in [2.45, 2.75) is 103 Å². The lowest BCUT2D eigenvalue weighted by Gasteiger charge is -2.37. The van der Waals surface area contributed by atoms with Crippen LogP contribution in [0, 0.1) is 16.7 Å².